The van der Waals surface area contributed by atoms with Gasteiger partial charge in [0.15, 0.2) is 23.0 Å². The minimum absolute atomic E-state index is 0.126. The van der Waals surface area contributed by atoms with Crippen molar-refractivity contribution in [2.75, 3.05) is 14.2 Å². The lowest BCUT2D eigenvalue weighted by atomic mass is 9.96. The molecule has 0 spiro atoms. The van der Waals surface area contributed by atoms with Gasteiger partial charge in [-0.1, -0.05) is 38.8 Å². The Bertz CT molecular complexity index is 661. The summed E-state index contributed by atoms with van der Waals surface area (Å²) in [5.74, 6) is 1.19. The van der Waals surface area contributed by atoms with E-state index in [4.69, 9.17) is 9.47 Å². The number of ether oxygens (including phenoxy) is 2. The van der Waals surface area contributed by atoms with Crippen LogP contribution in [0.3, 0.4) is 0 Å². The largest absolute Gasteiger partial charge is 0.504 e. The fraction of sp³-hybridized carbons (Fsp3) is 0.429. The molecule has 2 aromatic rings. The summed E-state index contributed by atoms with van der Waals surface area (Å²) in [6.07, 6.45) is 4.26. The Morgan fingerprint density at radius 3 is 1.44 bits per heavy atom. The Morgan fingerprint density at radius 2 is 1.12 bits per heavy atom. The zero-order valence-electron chi connectivity index (χ0n) is 15.6. The van der Waals surface area contributed by atoms with E-state index >= 15 is 0 Å². The van der Waals surface area contributed by atoms with Crippen LogP contribution in [0.1, 0.15) is 48.9 Å². The Labute approximate surface area is 150 Å². The van der Waals surface area contributed by atoms with E-state index in [-0.39, 0.29) is 11.5 Å². The second kappa shape index (κ2) is 8.65. The van der Waals surface area contributed by atoms with Gasteiger partial charge in [0.25, 0.3) is 0 Å². The minimum atomic E-state index is 0.126. The molecule has 136 valence electrons. The number of methoxy groups -OCH3 is 2. The van der Waals surface area contributed by atoms with Crippen molar-refractivity contribution in [1.82, 2.24) is 0 Å². The Balaban J connectivity index is 2.47. The molecule has 4 nitrogen and oxygen atoms in total. The van der Waals surface area contributed by atoms with Gasteiger partial charge in [0.1, 0.15) is 0 Å². The average Bonchev–Trinajstić information content (AvgIpc) is 2.60. The molecule has 2 aromatic carbocycles. The highest BCUT2D eigenvalue weighted by Gasteiger charge is 2.16. The van der Waals surface area contributed by atoms with Crippen LogP contribution in [0.25, 0.3) is 0 Å². The molecule has 0 aliphatic rings. The van der Waals surface area contributed by atoms with Gasteiger partial charge in [0.2, 0.25) is 0 Å². The molecule has 0 fully saturated rings. The first kappa shape index (κ1) is 19.0. The van der Waals surface area contributed by atoms with Crippen LogP contribution in [-0.4, -0.2) is 24.4 Å². The van der Waals surface area contributed by atoms with Crippen LogP contribution in [0.2, 0.25) is 0 Å². The van der Waals surface area contributed by atoms with Crippen molar-refractivity contribution in [3.63, 3.8) is 0 Å². The Kier molecular flexibility index (Phi) is 6.57. The summed E-state index contributed by atoms with van der Waals surface area (Å²) in [7, 11) is 3.11. The van der Waals surface area contributed by atoms with Gasteiger partial charge >= 0.3 is 0 Å². The van der Waals surface area contributed by atoms with Gasteiger partial charge in [-0.2, -0.15) is 0 Å². The van der Waals surface area contributed by atoms with E-state index in [2.05, 4.69) is 13.8 Å². The first-order chi connectivity index (χ1) is 12.0. The number of phenols is 2. The van der Waals surface area contributed by atoms with Gasteiger partial charge < -0.3 is 19.7 Å². The lowest BCUT2D eigenvalue weighted by Gasteiger charge is -2.15. The molecule has 0 heterocycles. The summed E-state index contributed by atoms with van der Waals surface area (Å²) < 4.78 is 10.6. The standard InChI is InChI=1S/C21H28O4/c1-5-7-14-9-16(20(22)18(11-14)24-3)13-17-10-15(8-6-2)12-19(25-4)21(17)23/h9-12,22-23H,5-8,13H2,1-4H3. The predicted molar refractivity (Wildman–Crippen MR) is 100 cm³/mol. The van der Waals surface area contributed by atoms with E-state index in [9.17, 15) is 10.2 Å². The summed E-state index contributed by atoms with van der Waals surface area (Å²) in [5.41, 5.74) is 3.72. The molecule has 0 amide bonds. The highest BCUT2D eigenvalue weighted by Crippen LogP contribution is 2.38. The first-order valence-electron chi connectivity index (χ1n) is 8.81. The Hall–Kier alpha value is -2.36. The van der Waals surface area contributed by atoms with Crippen LogP contribution in [0.15, 0.2) is 24.3 Å². The summed E-state index contributed by atoms with van der Waals surface area (Å²) in [5, 5.41) is 21.0. The molecule has 0 atom stereocenters. The molecule has 2 rings (SSSR count). The fourth-order valence-corrected chi connectivity index (χ4v) is 3.11. The number of aryl methyl sites for hydroxylation is 2. The van der Waals surface area contributed by atoms with Gasteiger partial charge in [-0.25, -0.2) is 0 Å². The molecule has 4 heteroatoms. The van der Waals surface area contributed by atoms with E-state index < -0.39 is 0 Å². The second-order valence-corrected chi connectivity index (χ2v) is 6.29. The Morgan fingerprint density at radius 1 is 0.720 bits per heavy atom. The molecule has 0 bridgehead atoms. The average molecular weight is 344 g/mol. The van der Waals surface area contributed by atoms with Crippen LogP contribution in [0.5, 0.6) is 23.0 Å². The number of hydrogen-bond donors (Lipinski definition) is 2. The molecule has 0 radical (unpaired) electrons. The highest BCUT2D eigenvalue weighted by molar-refractivity contribution is 5.54. The molecule has 0 aliphatic heterocycles. The third-order valence-corrected chi connectivity index (χ3v) is 4.33. The monoisotopic (exact) mass is 344 g/mol. The minimum Gasteiger partial charge on any atom is -0.504 e. The summed E-state index contributed by atoms with van der Waals surface area (Å²) in [4.78, 5) is 0. The number of aromatic hydroxyl groups is 2. The third-order valence-electron chi connectivity index (χ3n) is 4.33. The molecular formula is C21H28O4. The van der Waals surface area contributed by atoms with Crippen molar-refractivity contribution in [2.45, 2.75) is 46.0 Å². The smallest absolute Gasteiger partial charge is 0.161 e. The molecule has 0 aliphatic carbocycles. The maximum absolute atomic E-state index is 10.5. The molecule has 0 unspecified atom stereocenters. The van der Waals surface area contributed by atoms with E-state index in [0.717, 1.165) is 47.9 Å². The molecule has 2 N–H and O–H groups in total. The number of phenolic OH excluding ortho intramolecular Hbond substituents is 2. The van der Waals surface area contributed by atoms with Gasteiger partial charge in [-0.15, -0.1) is 0 Å². The van der Waals surface area contributed by atoms with Crippen LogP contribution in [-0.2, 0) is 19.3 Å². The predicted octanol–water partition coefficient (Wildman–Crippen LogP) is 4.61. The molecule has 25 heavy (non-hydrogen) atoms. The topological polar surface area (TPSA) is 58.9 Å². The first-order valence-corrected chi connectivity index (χ1v) is 8.81. The zero-order valence-corrected chi connectivity index (χ0v) is 15.6. The summed E-state index contributed by atoms with van der Waals surface area (Å²) >= 11 is 0. The van der Waals surface area contributed by atoms with Crippen molar-refractivity contribution >= 4 is 0 Å². The van der Waals surface area contributed by atoms with E-state index in [1.54, 1.807) is 14.2 Å². The van der Waals surface area contributed by atoms with Gasteiger partial charge in [-0.05, 0) is 36.1 Å². The maximum atomic E-state index is 10.5. The molecular weight excluding hydrogens is 316 g/mol. The van der Waals surface area contributed by atoms with Gasteiger partial charge in [-0.3, -0.25) is 0 Å². The third kappa shape index (κ3) is 4.38. The van der Waals surface area contributed by atoms with Crippen LogP contribution >= 0.6 is 0 Å². The van der Waals surface area contributed by atoms with Crippen molar-refractivity contribution in [3.8, 4) is 23.0 Å². The zero-order chi connectivity index (χ0) is 18.4. The van der Waals surface area contributed by atoms with Crippen molar-refractivity contribution in [3.05, 3.63) is 46.5 Å². The molecule has 0 aromatic heterocycles. The summed E-state index contributed by atoms with van der Waals surface area (Å²) in [6.45, 7) is 4.23. The SMILES string of the molecule is CCCc1cc(Cc2cc(CCC)cc(OC)c2O)c(O)c(OC)c1. The van der Waals surface area contributed by atoms with Gasteiger partial charge in [0, 0.05) is 17.5 Å². The van der Waals surface area contributed by atoms with Crippen LogP contribution in [0.4, 0.5) is 0 Å². The van der Waals surface area contributed by atoms with E-state index in [0.29, 0.717) is 17.9 Å². The van der Waals surface area contributed by atoms with Crippen LogP contribution in [0, 0.1) is 0 Å². The number of benzene rings is 2. The lowest BCUT2D eigenvalue weighted by molar-refractivity contribution is 0.367. The van der Waals surface area contributed by atoms with Crippen molar-refractivity contribution in [1.29, 1.82) is 0 Å². The maximum Gasteiger partial charge on any atom is 0.161 e. The molecule has 0 saturated heterocycles. The number of hydrogen-bond acceptors (Lipinski definition) is 4. The second-order valence-electron chi connectivity index (χ2n) is 6.29. The number of rotatable bonds is 8. The lowest BCUT2D eigenvalue weighted by Crippen LogP contribution is -1.98. The summed E-state index contributed by atoms with van der Waals surface area (Å²) in [6, 6.07) is 7.71. The normalized spacial score (nSPS) is 10.7. The quantitative estimate of drug-likeness (QED) is 0.734. The van der Waals surface area contributed by atoms with E-state index in [1.807, 2.05) is 24.3 Å². The van der Waals surface area contributed by atoms with Crippen molar-refractivity contribution in [2.24, 2.45) is 0 Å². The highest BCUT2D eigenvalue weighted by atomic mass is 16.5. The fourth-order valence-electron chi connectivity index (χ4n) is 3.11. The van der Waals surface area contributed by atoms with Crippen molar-refractivity contribution < 1.29 is 19.7 Å². The molecule has 0 saturated carbocycles. The van der Waals surface area contributed by atoms with Crippen LogP contribution < -0.4 is 9.47 Å². The van der Waals surface area contributed by atoms with E-state index in [1.165, 1.54) is 0 Å². The van der Waals surface area contributed by atoms with Gasteiger partial charge in [0.05, 0.1) is 14.2 Å².